The maximum absolute atomic E-state index is 11.5. The molecule has 4 N–H and O–H groups in total. The van der Waals surface area contributed by atoms with Gasteiger partial charge in [0.05, 0.1) is 24.2 Å². The fourth-order valence-corrected chi connectivity index (χ4v) is 1.63. The maximum Gasteiger partial charge on any atom is 0.338 e. The van der Waals surface area contributed by atoms with Crippen LogP contribution in [0.1, 0.15) is 28.9 Å². The molecule has 0 spiro atoms. The van der Waals surface area contributed by atoms with Crippen LogP contribution in [0.4, 0.5) is 5.69 Å². The number of carbonyl (C=O) groups excluding carboxylic acids is 1. The predicted octanol–water partition coefficient (Wildman–Crippen LogP) is 1.08. The van der Waals surface area contributed by atoms with E-state index in [1.165, 1.54) is 18.2 Å². The third-order valence-electron chi connectivity index (χ3n) is 2.44. The number of nitrogens with two attached hydrogens (primary N) is 1. The molecule has 0 saturated carbocycles. The molecular weight excluding hydrogens is 258 g/mol. The summed E-state index contributed by atoms with van der Waals surface area (Å²) >= 11 is 5.46. The number of esters is 1. The molecular formula is C12H16ClNO4. The van der Waals surface area contributed by atoms with E-state index in [-0.39, 0.29) is 29.3 Å². The van der Waals surface area contributed by atoms with Gasteiger partial charge >= 0.3 is 5.97 Å². The van der Waals surface area contributed by atoms with Gasteiger partial charge in [0.15, 0.2) is 0 Å². The number of alkyl halides is 1. The molecule has 5 nitrogen and oxygen atoms in total. The van der Waals surface area contributed by atoms with Crippen molar-refractivity contribution in [3.05, 3.63) is 29.3 Å². The van der Waals surface area contributed by atoms with Crippen LogP contribution in [0, 0.1) is 0 Å². The second kappa shape index (κ2) is 6.58. The third kappa shape index (κ3) is 3.35. The Morgan fingerprint density at radius 3 is 2.72 bits per heavy atom. The van der Waals surface area contributed by atoms with Crippen LogP contribution >= 0.6 is 11.6 Å². The molecule has 0 heterocycles. The molecule has 100 valence electrons. The van der Waals surface area contributed by atoms with Crippen LogP contribution in [0.5, 0.6) is 0 Å². The third-order valence-corrected chi connectivity index (χ3v) is 2.76. The number of carbonyl (C=O) groups is 1. The van der Waals surface area contributed by atoms with Gasteiger partial charge < -0.3 is 20.7 Å². The standard InChI is InChI=1S/C12H16ClNO4/c1-2-18-12(17)7-3-4-9(14)8(5-7)11(16)10(15)6-13/h3-5,10-11,15-16H,2,6,14H2,1H3. The lowest BCUT2D eigenvalue weighted by molar-refractivity contribution is 0.0329. The summed E-state index contributed by atoms with van der Waals surface area (Å²) in [7, 11) is 0. The highest BCUT2D eigenvalue weighted by molar-refractivity contribution is 6.18. The molecule has 0 radical (unpaired) electrons. The molecule has 0 aliphatic heterocycles. The van der Waals surface area contributed by atoms with Crippen molar-refractivity contribution in [1.82, 2.24) is 0 Å². The Morgan fingerprint density at radius 1 is 1.50 bits per heavy atom. The topological polar surface area (TPSA) is 92.8 Å². The van der Waals surface area contributed by atoms with E-state index in [9.17, 15) is 15.0 Å². The van der Waals surface area contributed by atoms with Crippen molar-refractivity contribution in [3.8, 4) is 0 Å². The molecule has 0 bridgehead atoms. The van der Waals surface area contributed by atoms with Crippen molar-refractivity contribution >= 4 is 23.3 Å². The van der Waals surface area contributed by atoms with Crippen LogP contribution in [-0.2, 0) is 4.74 Å². The lowest BCUT2D eigenvalue weighted by Gasteiger charge is -2.18. The molecule has 6 heteroatoms. The first-order valence-electron chi connectivity index (χ1n) is 5.49. The summed E-state index contributed by atoms with van der Waals surface area (Å²) in [4.78, 5) is 11.5. The summed E-state index contributed by atoms with van der Waals surface area (Å²) in [6, 6.07) is 4.37. The van der Waals surface area contributed by atoms with Gasteiger partial charge in [0.2, 0.25) is 0 Å². The van der Waals surface area contributed by atoms with Gasteiger partial charge in [0, 0.05) is 11.3 Å². The summed E-state index contributed by atoms with van der Waals surface area (Å²) in [6.07, 6.45) is -2.39. The zero-order valence-electron chi connectivity index (χ0n) is 9.97. The van der Waals surface area contributed by atoms with Crippen molar-refractivity contribution < 1.29 is 19.7 Å². The van der Waals surface area contributed by atoms with Gasteiger partial charge in [-0.2, -0.15) is 0 Å². The Kier molecular flexibility index (Phi) is 5.40. The van der Waals surface area contributed by atoms with Crippen molar-refractivity contribution in [2.24, 2.45) is 0 Å². The molecule has 0 amide bonds. The van der Waals surface area contributed by atoms with Gasteiger partial charge in [0.25, 0.3) is 0 Å². The molecule has 0 aliphatic carbocycles. The molecule has 2 atom stereocenters. The molecule has 0 aliphatic rings. The second-order valence-corrected chi connectivity index (χ2v) is 4.04. The maximum atomic E-state index is 11.5. The Labute approximate surface area is 110 Å². The number of hydrogen-bond donors (Lipinski definition) is 3. The van der Waals surface area contributed by atoms with Crippen molar-refractivity contribution in [1.29, 1.82) is 0 Å². The molecule has 0 aromatic heterocycles. The molecule has 2 unspecified atom stereocenters. The van der Waals surface area contributed by atoms with Crippen LogP contribution < -0.4 is 5.73 Å². The number of anilines is 1. The minimum Gasteiger partial charge on any atom is -0.462 e. The Bertz CT molecular complexity index is 425. The zero-order chi connectivity index (χ0) is 13.7. The normalized spacial score (nSPS) is 14.0. The lowest BCUT2D eigenvalue weighted by Crippen LogP contribution is -2.21. The van der Waals surface area contributed by atoms with E-state index in [1.54, 1.807) is 6.92 Å². The lowest BCUT2D eigenvalue weighted by atomic mass is 10.0. The van der Waals surface area contributed by atoms with E-state index in [0.29, 0.717) is 0 Å². The quantitative estimate of drug-likeness (QED) is 0.424. The van der Waals surface area contributed by atoms with Crippen LogP contribution in [-0.4, -0.2) is 34.8 Å². The van der Waals surface area contributed by atoms with Gasteiger partial charge in [-0.3, -0.25) is 0 Å². The van der Waals surface area contributed by atoms with E-state index in [1.807, 2.05) is 0 Å². The number of hydrogen-bond acceptors (Lipinski definition) is 5. The number of benzene rings is 1. The van der Waals surface area contributed by atoms with Gasteiger partial charge in [-0.15, -0.1) is 11.6 Å². The first-order chi connectivity index (χ1) is 8.51. The van der Waals surface area contributed by atoms with Gasteiger partial charge in [-0.25, -0.2) is 4.79 Å². The fraction of sp³-hybridized carbons (Fsp3) is 0.417. The summed E-state index contributed by atoms with van der Waals surface area (Å²) in [5.74, 6) is -0.643. The molecule has 1 rings (SSSR count). The number of aliphatic hydroxyl groups excluding tert-OH is 2. The minimum atomic E-state index is -1.24. The number of rotatable bonds is 5. The molecule has 1 aromatic carbocycles. The van der Waals surface area contributed by atoms with Crippen LogP contribution in [0.2, 0.25) is 0 Å². The first kappa shape index (κ1) is 14.8. The van der Waals surface area contributed by atoms with Crippen molar-refractivity contribution in [2.75, 3.05) is 18.2 Å². The summed E-state index contributed by atoms with van der Waals surface area (Å²) < 4.78 is 4.84. The zero-order valence-corrected chi connectivity index (χ0v) is 10.7. The highest BCUT2D eigenvalue weighted by Gasteiger charge is 2.21. The fourth-order valence-electron chi connectivity index (χ4n) is 1.46. The monoisotopic (exact) mass is 273 g/mol. The SMILES string of the molecule is CCOC(=O)c1ccc(N)c(C(O)C(O)CCl)c1. The van der Waals surface area contributed by atoms with Crippen LogP contribution in [0.25, 0.3) is 0 Å². The van der Waals surface area contributed by atoms with E-state index < -0.39 is 18.2 Å². The number of ether oxygens (including phenoxy) is 1. The van der Waals surface area contributed by atoms with Crippen LogP contribution in [0.15, 0.2) is 18.2 Å². The molecule has 18 heavy (non-hydrogen) atoms. The summed E-state index contributed by atoms with van der Waals surface area (Å²) in [5, 5.41) is 19.3. The molecule has 1 aromatic rings. The van der Waals surface area contributed by atoms with E-state index in [2.05, 4.69) is 0 Å². The van der Waals surface area contributed by atoms with E-state index >= 15 is 0 Å². The van der Waals surface area contributed by atoms with E-state index in [0.717, 1.165) is 0 Å². The molecule has 0 saturated heterocycles. The summed E-state index contributed by atoms with van der Waals surface area (Å²) in [6.45, 7) is 1.95. The minimum absolute atomic E-state index is 0.135. The average Bonchev–Trinajstić information content (AvgIpc) is 2.37. The van der Waals surface area contributed by atoms with E-state index in [4.69, 9.17) is 22.1 Å². The predicted molar refractivity (Wildman–Crippen MR) is 68.5 cm³/mol. The second-order valence-electron chi connectivity index (χ2n) is 3.73. The van der Waals surface area contributed by atoms with Gasteiger partial charge in [0.1, 0.15) is 6.10 Å². The van der Waals surface area contributed by atoms with Gasteiger partial charge in [-0.1, -0.05) is 0 Å². The van der Waals surface area contributed by atoms with Crippen molar-refractivity contribution in [2.45, 2.75) is 19.1 Å². The first-order valence-corrected chi connectivity index (χ1v) is 6.03. The number of aliphatic hydroxyl groups is 2. The average molecular weight is 274 g/mol. The molecule has 0 fully saturated rings. The largest absolute Gasteiger partial charge is 0.462 e. The van der Waals surface area contributed by atoms with Crippen molar-refractivity contribution in [3.63, 3.8) is 0 Å². The number of nitrogen functional groups attached to an aromatic ring is 1. The number of halogens is 1. The Balaban J connectivity index is 3.04. The smallest absolute Gasteiger partial charge is 0.338 e. The Hall–Kier alpha value is -1.30. The Morgan fingerprint density at radius 2 is 2.17 bits per heavy atom. The van der Waals surface area contributed by atoms with Crippen LogP contribution in [0.3, 0.4) is 0 Å². The van der Waals surface area contributed by atoms with Gasteiger partial charge in [-0.05, 0) is 25.1 Å². The highest BCUT2D eigenvalue weighted by atomic mass is 35.5. The highest BCUT2D eigenvalue weighted by Crippen LogP contribution is 2.25. The summed E-state index contributed by atoms with van der Waals surface area (Å²) in [5.41, 5.74) is 6.49.